The van der Waals surface area contributed by atoms with E-state index in [4.69, 9.17) is 9.05 Å². The van der Waals surface area contributed by atoms with Gasteiger partial charge in [-0.25, -0.2) is 0 Å². The molecule has 0 aromatic rings. The molecule has 5 heteroatoms. The van der Waals surface area contributed by atoms with Gasteiger partial charge in [0.2, 0.25) is 0 Å². The standard InChI is InChI=1S/C22H39O2P3/c1-3-4-5-6-7-8-9-10-11-12-16-19-22(23-25)20-17-14-13-15-18-21(2)24-27-26/h8-9,11-12,14-19,21-22,27H,3-7,10,13,20,25-26H2,1-2H3/b9-8-,12-11-,17-14-,18-15-,19-16+. The third kappa shape index (κ3) is 20.5. The molecule has 0 aliphatic rings. The molecule has 0 aromatic carbocycles. The maximum absolute atomic E-state index is 5.45. The molecule has 2 nitrogen and oxygen atoms in total. The molecule has 0 aliphatic carbocycles. The fourth-order valence-corrected chi connectivity index (χ4v) is 3.47. The fraction of sp³-hybridized carbons (Fsp3) is 0.545. The average Bonchev–Trinajstić information content (AvgIpc) is 2.67. The Morgan fingerprint density at radius 1 is 0.889 bits per heavy atom. The molecule has 0 spiro atoms. The molecule has 0 amide bonds. The van der Waals surface area contributed by atoms with Crippen LogP contribution < -0.4 is 0 Å². The van der Waals surface area contributed by atoms with Crippen LogP contribution >= 0.6 is 26.9 Å². The monoisotopic (exact) mass is 428 g/mol. The lowest BCUT2D eigenvalue weighted by Gasteiger charge is -2.06. The van der Waals surface area contributed by atoms with Gasteiger partial charge in [-0.3, -0.25) is 0 Å². The molecule has 0 aromatic heterocycles. The molecule has 0 rings (SSSR count). The largest absolute Gasteiger partial charge is 0.358 e. The maximum Gasteiger partial charge on any atom is 0.0828 e. The third-order valence-electron chi connectivity index (χ3n) is 3.88. The molecular weight excluding hydrogens is 389 g/mol. The number of unbranched alkanes of at least 4 members (excludes halogenated alkanes) is 4. The first kappa shape index (κ1) is 26.9. The molecule has 0 aliphatic heterocycles. The molecule has 0 bridgehead atoms. The minimum absolute atomic E-state index is 0.0922. The molecule has 0 fully saturated rings. The molecule has 5 atom stereocenters. The predicted octanol–water partition coefficient (Wildman–Crippen LogP) is 7.87. The lowest BCUT2D eigenvalue weighted by molar-refractivity contribution is 0.298. The van der Waals surface area contributed by atoms with E-state index in [0.29, 0.717) is 8.50 Å². The van der Waals surface area contributed by atoms with Crippen LogP contribution in [0.1, 0.15) is 65.2 Å². The predicted molar refractivity (Wildman–Crippen MR) is 131 cm³/mol. The molecule has 154 valence electrons. The maximum atomic E-state index is 5.45. The van der Waals surface area contributed by atoms with Crippen molar-refractivity contribution in [3.8, 4) is 0 Å². The quantitative estimate of drug-likeness (QED) is 0.102. The van der Waals surface area contributed by atoms with E-state index in [1.54, 1.807) is 0 Å². The molecule has 0 radical (unpaired) electrons. The van der Waals surface area contributed by atoms with Gasteiger partial charge in [0, 0.05) is 18.0 Å². The van der Waals surface area contributed by atoms with Crippen molar-refractivity contribution >= 4 is 26.9 Å². The van der Waals surface area contributed by atoms with Gasteiger partial charge >= 0.3 is 0 Å². The van der Waals surface area contributed by atoms with Crippen LogP contribution in [0.3, 0.4) is 0 Å². The van der Waals surface area contributed by atoms with E-state index in [-0.39, 0.29) is 12.2 Å². The second-order valence-electron chi connectivity index (χ2n) is 6.36. The van der Waals surface area contributed by atoms with Crippen LogP contribution in [0, 0.1) is 0 Å². The van der Waals surface area contributed by atoms with Gasteiger partial charge in [-0.15, -0.1) is 0 Å². The third-order valence-corrected chi connectivity index (χ3v) is 5.14. The summed E-state index contributed by atoms with van der Waals surface area (Å²) in [7, 11) is 5.41. The van der Waals surface area contributed by atoms with Crippen molar-refractivity contribution in [2.45, 2.75) is 77.4 Å². The summed E-state index contributed by atoms with van der Waals surface area (Å²) >= 11 is 0. The zero-order valence-corrected chi connectivity index (χ0v) is 20.4. The smallest absolute Gasteiger partial charge is 0.0828 e. The summed E-state index contributed by atoms with van der Waals surface area (Å²) in [6.07, 6.45) is 31.1. The normalized spacial score (nSPS) is 15.7. The second-order valence-corrected chi connectivity index (χ2v) is 7.81. The van der Waals surface area contributed by atoms with E-state index in [1.165, 1.54) is 32.1 Å². The molecule has 0 heterocycles. The highest BCUT2D eigenvalue weighted by molar-refractivity contribution is 8.00. The Bertz CT molecular complexity index is 456. The van der Waals surface area contributed by atoms with Crippen molar-refractivity contribution in [3.63, 3.8) is 0 Å². The highest BCUT2D eigenvalue weighted by Crippen LogP contribution is 2.23. The summed E-state index contributed by atoms with van der Waals surface area (Å²) in [5, 5.41) is 0. The Hall–Kier alpha value is -0.0900. The number of hydrogen-bond donors (Lipinski definition) is 0. The van der Waals surface area contributed by atoms with Gasteiger partial charge < -0.3 is 9.05 Å². The highest BCUT2D eigenvalue weighted by Gasteiger charge is 1.98. The lowest BCUT2D eigenvalue weighted by atomic mass is 10.1. The summed E-state index contributed by atoms with van der Waals surface area (Å²) in [6.45, 7) is 4.30. The van der Waals surface area contributed by atoms with Gasteiger partial charge in [-0.2, -0.15) is 0 Å². The SMILES string of the molecule is CCCCCC/C=C\C/C=C\C=C\C(C/C=C\C/C=C\C(C)OPP)OP. The Kier molecular flexibility index (Phi) is 22.1. The Balaban J connectivity index is 3.88. The number of allylic oxidation sites excluding steroid dienone is 7. The van der Waals surface area contributed by atoms with Crippen LogP contribution in [0.15, 0.2) is 60.8 Å². The first-order chi connectivity index (χ1) is 13.2. The van der Waals surface area contributed by atoms with Crippen LogP contribution in [0.5, 0.6) is 0 Å². The fourth-order valence-electron chi connectivity index (χ4n) is 2.33. The topological polar surface area (TPSA) is 18.5 Å². The molecule has 0 saturated heterocycles. The summed E-state index contributed by atoms with van der Waals surface area (Å²) in [4.78, 5) is 0. The van der Waals surface area contributed by atoms with Gasteiger partial charge in [0.25, 0.3) is 0 Å². The van der Waals surface area contributed by atoms with E-state index in [1.807, 2.05) is 0 Å². The number of rotatable bonds is 17. The van der Waals surface area contributed by atoms with Crippen molar-refractivity contribution < 1.29 is 9.05 Å². The minimum Gasteiger partial charge on any atom is -0.358 e. The summed E-state index contributed by atoms with van der Waals surface area (Å²) in [6, 6.07) is 0. The van der Waals surface area contributed by atoms with Crippen molar-refractivity contribution in [2.75, 3.05) is 0 Å². The van der Waals surface area contributed by atoms with Crippen LogP contribution in [-0.2, 0) is 9.05 Å². The van der Waals surface area contributed by atoms with Crippen LogP contribution in [0.25, 0.3) is 0 Å². The second kappa shape index (κ2) is 22.2. The summed E-state index contributed by atoms with van der Waals surface area (Å²) < 4.78 is 10.9. The number of hydrogen-bond acceptors (Lipinski definition) is 2. The van der Waals surface area contributed by atoms with Gasteiger partial charge in [0.05, 0.1) is 12.2 Å². The Morgan fingerprint density at radius 2 is 1.67 bits per heavy atom. The van der Waals surface area contributed by atoms with E-state index >= 15 is 0 Å². The summed E-state index contributed by atoms with van der Waals surface area (Å²) in [5.41, 5.74) is 0. The van der Waals surface area contributed by atoms with Gasteiger partial charge in [-0.1, -0.05) is 95.9 Å². The zero-order valence-electron chi connectivity index (χ0n) is 17.1. The Morgan fingerprint density at radius 3 is 2.41 bits per heavy atom. The van der Waals surface area contributed by atoms with Crippen molar-refractivity contribution in [1.82, 2.24) is 0 Å². The molecule has 0 saturated carbocycles. The van der Waals surface area contributed by atoms with Gasteiger partial charge in [0.1, 0.15) is 0 Å². The first-order valence-electron chi connectivity index (χ1n) is 10.0. The molecule has 27 heavy (non-hydrogen) atoms. The van der Waals surface area contributed by atoms with Crippen molar-refractivity contribution in [2.24, 2.45) is 0 Å². The van der Waals surface area contributed by atoms with E-state index in [9.17, 15) is 0 Å². The highest BCUT2D eigenvalue weighted by atomic mass is 32.0. The van der Waals surface area contributed by atoms with Crippen molar-refractivity contribution in [1.29, 1.82) is 0 Å². The van der Waals surface area contributed by atoms with E-state index < -0.39 is 0 Å². The average molecular weight is 428 g/mol. The van der Waals surface area contributed by atoms with E-state index in [0.717, 1.165) is 19.3 Å². The van der Waals surface area contributed by atoms with Crippen LogP contribution in [0.4, 0.5) is 0 Å². The molecule has 0 N–H and O–H groups in total. The van der Waals surface area contributed by atoms with Crippen LogP contribution in [0.2, 0.25) is 0 Å². The van der Waals surface area contributed by atoms with Gasteiger partial charge in [-0.05, 0) is 39.0 Å². The minimum atomic E-state index is 0.0922. The lowest BCUT2D eigenvalue weighted by Crippen LogP contribution is -2.00. The summed E-state index contributed by atoms with van der Waals surface area (Å²) in [5.74, 6) is 0. The van der Waals surface area contributed by atoms with E-state index in [2.05, 4.69) is 93.0 Å². The van der Waals surface area contributed by atoms with Crippen LogP contribution in [-0.4, -0.2) is 12.2 Å². The molecular formula is C22H39O2P3. The molecule has 5 unspecified atom stereocenters. The zero-order chi connectivity index (χ0) is 20.0. The van der Waals surface area contributed by atoms with Crippen molar-refractivity contribution in [3.05, 3.63) is 60.8 Å². The Labute approximate surface area is 174 Å². The first-order valence-corrected chi connectivity index (χ1v) is 13.2. The van der Waals surface area contributed by atoms with Gasteiger partial charge in [0.15, 0.2) is 0 Å².